The van der Waals surface area contributed by atoms with E-state index in [0.29, 0.717) is 24.1 Å². The van der Waals surface area contributed by atoms with Crippen LogP contribution in [-0.2, 0) is 11.3 Å². The van der Waals surface area contributed by atoms with Crippen molar-refractivity contribution in [2.75, 3.05) is 13.2 Å². The zero-order chi connectivity index (χ0) is 17.6. The molecule has 25 heavy (non-hydrogen) atoms. The number of ether oxygens (including phenoxy) is 1. The van der Waals surface area contributed by atoms with Gasteiger partial charge in [0, 0.05) is 0 Å². The number of aromatic nitrogens is 2. The predicted octanol–water partition coefficient (Wildman–Crippen LogP) is 1.90. The molecule has 0 saturated carbocycles. The van der Waals surface area contributed by atoms with Gasteiger partial charge in [0.2, 0.25) is 5.91 Å². The molecule has 0 aliphatic carbocycles. The van der Waals surface area contributed by atoms with Crippen LogP contribution in [0.4, 0.5) is 0 Å². The maximum Gasteiger partial charge on any atom is 0.261 e. The lowest BCUT2D eigenvalue weighted by molar-refractivity contribution is -0.121. The van der Waals surface area contributed by atoms with E-state index in [0.717, 1.165) is 11.3 Å². The van der Waals surface area contributed by atoms with Crippen LogP contribution in [0.1, 0.15) is 5.56 Å². The van der Waals surface area contributed by atoms with E-state index in [1.165, 1.54) is 10.9 Å². The first kappa shape index (κ1) is 16.7. The average molecular weight is 337 g/mol. The van der Waals surface area contributed by atoms with Crippen LogP contribution in [0.2, 0.25) is 0 Å². The summed E-state index contributed by atoms with van der Waals surface area (Å²) < 4.78 is 6.93. The van der Waals surface area contributed by atoms with E-state index in [-0.39, 0.29) is 18.0 Å². The molecule has 128 valence electrons. The average Bonchev–Trinajstić information content (AvgIpc) is 2.63. The molecule has 0 spiro atoms. The Balaban J connectivity index is 1.54. The van der Waals surface area contributed by atoms with Gasteiger partial charge in [-0.05, 0) is 30.7 Å². The van der Waals surface area contributed by atoms with Crippen molar-refractivity contribution in [1.29, 1.82) is 0 Å². The van der Waals surface area contributed by atoms with Crippen molar-refractivity contribution in [3.8, 4) is 5.75 Å². The number of aryl methyl sites for hydroxylation is 1. The Morgan fingerprint density at radius 1 is 1.16 bits per heavy atom. The van der Waals surface area contributed by atoms with Crippen LogP contribution in [-0.4, -0.2) is 28.6 Å². The van der Waals surface area contributed by atoms with Crippen molar-refractivity contribution in [3.63, 3.8) is 0 Å². The summed E-state index contributed by atoms with van der Waals surface area (Å²) in [6.45, 7) is 2.62. The van der Waals surface area contributed by atoms with Gasteiger partial charge >= 0.3 is 0 Å². The summed E-state index contributed by atoms with van der Waals surface area (Å²) in [7, 11) is 0. The molecule has 0 unspecified atom stereocenters. The van der Waals surface area contributed by atoms with E-state index >= 15 is 0 Å². The second-order valence-electron chi connectivity index (χ2n) is 5.66. The van der Waals surface area contributed by atoms with E-state index in [1.54, 1.807) is 18.2 Å². The number of benzene rings is 2. The third kappa shape index (κ3) is 4.03. The molecule has 0 fully saturated rings. The second kappa shape index (κ2) is 7.61. The lowest BCUT2D eigenvalue weighted by Gasteiger charge is -2.10. The first-order chi connectivity index (χ1) is 12.1. The van der Waals surface area contributed by atoms with Crippen LogP contribution in [0.25, 0.3) is 10.9 Å². The molecular weight excluding hydrogens is 318 g/mol. The molecule has 1 heterocycles. The number of hydrogen-bond donors (Lipinski definition) is 1. The molecule has 1 aromatic heterocycles. The molecule has 0 radical (unpaired) electrons. The van der Waals surface area contributed by atoms with Crippen molar-refractivity contribution in [2.45, 2.75) is 13.5 Å². The molecule has 6 heteroatoms. The number of carbonyl (C=O) groups excluding carboxylic acids is 1. The Kier molecular flexibility index (Phi) is 5.09. The van der Waals surface area contributed by atoms with Gasteiger partial charge in [0.05, 0.1) is 23.8 Å². The van der Waals surface area contributed by atoms with E-state index in [2.05, 4.69) is 10.3 Å². The van der Waals surface area contributed by atoms with Gasteiger partial charge < -0.3 is 10.1 Å². The van der Waals surface area contributed by atoms with E-state index in [9.17, 15) is 9.59 Å². The minimum atomic E-state index is -0.257. The quantitative estimate of drug-likeness (QED) is 0.697. The molecular formula is C19H19N3O3. The summed E-state index contributed by atoms with van der Waals surface area (Å²) in [4.78, 5) is 28.6. The van der Waals surface area contributed by atoms with Gasteiger partial charge in [-0.25, -0.2) is 4.98 Å². The lowest BCUT2D eigenvalue weighted by Crippen LogP contribution is -2.34. The highest BCUT2D eigenvalue weighted by Gasteiger charge is 2.07. The van der Waals surface area contributed by atoms with Crippen molar-refractivity contribution in [3.05, 3.63) is 70.8 Å². The van der Waals surface area contributed by atoms with Gasteiger partial charge in [-0.15, -0.1) is 0 Å². The fourth-order valence-corrected chi connectivity index (χ4v) is 2.50. The van der Waals surface area contributed by atoms with Crippen LogP contribution in [0.5, 0.6) is 5.75 Å². The Morgan fingerprint density at radius 2 is 1.92 bits per heavy atom. The third-order valence-electron chi connectivity index (χ3n) is 3.82. The van der Waals surface area contributed by atoms with Crippen LogP contribution >= 0.6 is 0 Å². The molecule has 3 aromatic rings. The van der Waals surface area contributed by atoms with Gasteiger partial charge in [-0.2, -0.15) is 0 Å². The van der Waals surface area contributed by atoms with Gasteiger partial charge in [-0.1, -0.05) is 30.3 Å². The molecule has 0 atom stereocenters. The number of carbonyl (C=O) groups is 1. The molecule has 3 rings (SSSR count). The Hall–Kier alpha value is -3.15. The lowest BCUT2D eigenvalue weighted by atomic mass is 10.2. The maximum absolute atomic E-state index is 12.3. The summed E-state index contributed by atoms with van der Waals surface area (Å²) >= 11 is 0. The van der Waals surface area contributed by atoms with Crippen LogP contribution in [0, 0.1) is 6.92 Å². The molecule has 0 bridgehead atoms. The topological polar surface area (TPSA) is 73.2 Å². The summed E-state index contributed by atoms with van der Waals surface area (Å²) in [6, 6.07) is 14.8. The summed E-state index contributed by atoms with van der Waals surface area (Å²) in [6.07, 6.45) is 1.40. The number of fused-ring (bicyclic) bond motifs is 1. The highest BCUT2D eigenvalue weighted by Crippen LogP contribution is 2.15. The van der Waals surface area contributed by atoms with Crippen molar-refractivity contribution >= 4 is 16.8 Å². The first-order valence-corrected chi connectivity index (χ1v) is 8.04. The van der Waals surface area contributed by atoms with Crippen molar-refractivity contribution in [2.24, 2.45) is 0 Å². The molecule has 0 saturated heterocycles. The van der Waals surface area contributed by atoms with Gasteiger partial charge in [0.25, 0.3) is 5.56 Å². The number of para-hydroxylation sites is 2. The second-order valence-corrected chi connectivity index (χ2v) is 5.66. The van der Waals surface area contributed by atoms with E-state index in [1.807, 2.05) is 37.3 Å². The predicted molar refractivity (Wildman–Crippen MR) is 95.7 cm³/mol. The molecule has 0 aliphatic rings. The third-order valence-corrected chi connectivity index (χ3v) is 3.82. The van der Waals surface area contributed by atoms with E-state index in [4.69, 9.17) is 4.74 Å². The molecule has 0 aliphatic heterocycles. The van der Waals surface area contributed by atoms with Gasteiger partial charge in [0.1, 0.15) is 18.9 Å². The molecule has 2 aromatic carbocycles. The molecule has 1 N–H and O–H groups in total. The summed E-state index contributed by atoms with van der Waals surface area (Å²) in [5.41, 5.74) is 1.44. The fraction of sp³-hybridized carbons (Fsp3) is 0.211. The number of nitrogens with zero attached hydrogens (tertiary/aromatic N) is 2. The zero-order valence-electron chi connectivity index (χ0n) is 13.9. The monoisotopic (exact) mass is 337 g/mol. The van der Waals surface area contributed by atoms with Crippen LogP contribution in [0.15, 0.2) is 59.7 Å². The van der Waals surface area contributed by atoms with Gasteiger partial charge in [0.15, 0.2) is 0 Å². The SMILES string of the molecule is Cc1ccccc1OCCNC(=O)Cn1cnc2ccccc2c1=O. The Bertz CT molecular complexity index is 950. The number of amides is 1. The minimum absolute atomic E-state index is 0.0684. The van der Waals surface area contributed by atoms with Gasteiger partial charge in [-0.3, -0.25) is 14.2 Å². The van der Waals surface area contributed by atoms with Crippen LogP contribution in [0.3, 0.4) is 0 Å². The van der Waals surface area contributed by atoms with Crippen molar-refractivity contribution < 1.29 is 9.53 Å². The van der Waals surface area contributed by atoms with Crippen LogP contribution < -0.4 is 15.6 Å². The highest BCUT2D eigenvalue weighted by atomic mass is 16.5. The van der Waals surface area contributed by atoms with Crippen molar-refractivity contribution in [1.82, 2.24) is 14.9 Å². The Morgan fingerprint density at radius 3 is 2.76 bits per heavy atom. The molecule has 1 amide bonds. The molecule has 6 nitrogen and oxygen atoms in total. The minimum Gasteiger partial charge on any atom is -0.491 e. The number of rotatable bonds is 6. The summed E-state index contributed by atoms with van der Waals surface area (Å²) in [5.74, 6) is 0.541. The fourth-order valence-electron chi connectivity index (χ4n) is 2.50. The first-order valence-electron chi connectivity index (χ1n) is 8.04. The number of nitrogens with one attached hydrogen (secondary N) is 1. The smallest absolute Gasteiger partial charge is 0.261 e. The zero-order valence-corrected chi connectivity index (χ0v) is 13.9. The number of hydrogen-bond acceptors (Lipinski definition) is 4. The highest BCUT2D eigenvalue weighted by molar-refractivity contribution is 5.78. The summed E-state index contributed by atoms with van der Waals surface area (Å²) in [5, 5.41) is 3.25. The standard InChI is InChI=1S/C19H19N3O3/c1-14-6-2-5-9-17(14)25-11-10-20-18(23)12-22-13-21-16-8-4-3-7-15(16)19(22)24/h2-9,13H,10-12H2,1H3,(H,20,23). The largest absolute Gasteiger partial charge is 0.491 e. The van der Waals surface area contributed by atoms with E-state index < -0.39 is 0 Å². The normalized spacial score (nSPS) is 10.6. The maximum atomic E-state index is 12.3. The Labute approximate surface area is 145 Å².